The lowest BCUT2D eigenvalue weighted by molar-refractivity contribution is -0.0749. The number of anilines is 1. The summed E-state index contributed by atoms with van der Waals surface area (Å²) >= 11 is 1.57. The predicted octanol–water partition coefficient (Wildman–Crippen LogP) is 1.50. The molecule has 0 saturated carbocycles. The zero-order valence-corrected chi connectivity index (χ0v) is 16.2. The number of likely N-dealkylation sites (tertiary alicyclic amines) is 1. The smallest absolute Gasteiger partial charge is 0.150 e. The molecule has 8 heteroatoms. The van der Waals surface area contributed by atoms with Gasteiger partial charge in [0.15, 0.2) is 0 Å². The van der Waals surface area contributed by atoms with Crippen molar-refractivity contribution in [2.24, 2.45) is 5.73 Å². The van der Waals surface area contributed by atoms with Crippen molar-refractivity contribution in [2.75, 3.05) is 37.7 Å². The number of ether oxygens (including phenoxy) is 1. The van der Waals surface area contributed by atoms with E-state index in [4.69, 9.17) is 10.5 Å². The second-order valence-corrected chi connectivity index (χ2v) is 8.78. The number of aliphatic hydroxyl groups is 1. The number of hydrogen-bond acceptors (Lipinski definition) is 8. The first-order valence-corrected chi connectivity index (χ1v) is 10.1. The Morgan fingerprint density at radius 3 is 2.77 bits per heavy atom. The molecule has 0 radical (unpaired) electrons. The molecule has 0 aliphatic carbocycles. The molecule has 0 aromatic carbocycles. The minimum Gasteiger partial charge on any atom is -0.385 e. The van der Waals surface area contributed by atoms with Crippen molar-refractivity contribution in [3.05, 3.63) is 17.3 Å². The molecule has 4 rings (SSSR count). The highest BCUT2D eigenvalue weighted by Gasteiger charge is 2.30. The molecule has 2 fully saturated rings. The van der Waals surface area contributed by atoms with E-state index in [1.165, 1.54) is 0 Å². The molecule has 1 unspecified atom stereocenters. The summed E-state index contributed by atoms with van der Waals surface area (Å²) in [5, 5.41) is 10.3. The predicted molar refractivity (Wildman–Crippen MR) is 103 cm³/mol. The second kappa shape index (κ2) is 7.01. The number of rotatable bonds is 3. The maximum absolute atomic E-state index is 10.3. The van der Waals surface area contributed by atoms with Crippen molar-refractivity contribution >= 4 is 27.4 Å². The van der Waals surface area contributed by atoms with Crippen LogP contribution < -0.4 is 10.6 Å². The number of nitrogens with zero attached hydrogens (tertiary/aromatic N) is 4. The van der Waals surface area contributed by atoms with Crippen LogP contribution in [0.2, 0.25) is 0 Å². The van der Waals surface area contributed by atoms with Crippen LogP contribution in [0.1, 0.15) is 31.6 Å². The van der Waals surface area contributed by atoms with Gasteiger partial charge < -0.3 is 20.5 Å². The van der Waals surface area contributed by atoms with E-state index in [0.717, 1.165) is 59.9 Å². The number of nitrogens with two attached hydrogens (primary N) is 1. The minimum atomic E-state index is -0.872. The Kier molecular flexibility index (Phi) is 4.87. The molecule has 3 N–H and O–H groups in total. The van der Waals surface area contributed by atoms with Crippen LogP contribution in [0.5, 0.6) is 0 Å². The van der Waals surface area contributed by atoms with Gasteiger partial charge in [0, 0.05) is 30.6 Å². The third kappa shape index (κ3) is 3.57. The van der Waals surface area contributed by atoms with Crippen LogP contribution in [0.25, 0.3) is 10.2 Å². The lowest BCUT2D eigenvalue weighted by Crippen LogP contribution is -2.54. The first-order valence-electron chi connectivity index (χ1n) is 9.25. The summed E-state index contributed by atoms with van der Waals surface area (Å²) in [6.07, 6.45) is 3.74. The fraction of sp³-hybridized carbons (Fsp3) is 0.667. The Morgan fingerprint density at radius 1 is 1.27 bits per heavy atom. The van der Waals surface area contributed by atoms with Crippen LogP contribution in [0, 0.1) is 0 Å². The summed E-state index contributed by atoms with van der Waals surface area (Å²) in [4.78, 5) is 14.6. The molecule has 0 bridgehead atoms. The van der Waals surface area contributed by atoms with Crippen molar-refractivity contribution in [3.63, 3.8) is 0 Å². The standard InChI is InChI=1S/C18H27N5O2S/c1-18(2,24)14-9-13-16(26-14)17(21-11-20-13)23-7-8-25-15(10-23)22-5-3-12(19)4-6-22/h9,11-12,15,24H,3-8,10,19H2,1-2H3. The van der Waals surface area contributed by atoms with Crippen molar-refractivity contribution in [3.8, 4) is 0 Å². The van der Waals surface area contributed by atoms with Crippen LogP contribution in [0.3, 0.4) is 0 Å². The van der Waals surface area contributed by atoms with Gasteiger partial charge in [-0.15, -0.1) is 11.3 Å². The highest BCUT2D eigenvalue weighted by molar-refractivity contribution is 7.19. The van der Waals surface area contributed by atoms with E-state index in [0.29, 0.717) is 12.6 Å². The molecule has 0 spiro atoms. The normalized spacial score (nSPS) is 23.7. The number of piperidine rings is 1. The molecule has 7 nitrogen and oxygen atoms in total. The number of hydrogen-bond donors (Lipinski definition) is 2. The van der Waals surface area contributed by atoms with Crippen LogP contribution in [0.15, 0.2) is 12.4 Å². The van der Waals surface area contributed by atoms with Gasteiger partial charge in [-0.3, -0.25) is 4.90 Å². The zero-order valence-electron chi connectivity index (χ0n) is 15.4. The number of fused-ring (bicyclic) bond motifs is 1. The fourth-order valence-electron chi connectivity index (χ4n) is 3.62. The number of thiophene rings is 1. The molecule has 2 aliphatic heterocycles. The molecule has 2 aromatic heterocycles. The Hall–Kier alpha value is -1.32. The van der Waals surface area contributed by atoms with E-state index >= 15 is 0 Å². The summed E-state index contributed by atoms with van der Waals surface area (Å²) in [5.41, 5.74) is 6.05. The quantitative estimate of drug-likeness (QED) is 0.838. The molecule has 1 atom stereocenters. The Bertz CT molecular complexity index is 767. The van der Waals surface area contributed by atoms with Crippen LogP contribution >= 0.6 is 11.3 Å². The summed E-state index contributed by atoms with van der Waals surface area (Å²) < 4.78 is 7.07. The van der Waals surface area contributed by atoms with Crippen LogP contribution in [0.4, 0.5) is 5.82 Å². The Balaban J connectivity index is 1.57. The van der Waals surface area contributed by atoms with Gasteiger partial charge in [-0.1, -0.05) is 0 Å². The molecule has 2 saturated heterocycles. The SMILES string of the molecule is CC(C)(O)c1cc2ncnc(N3CCOC(N4CCC(N)CC4)C3)c2s1. The molecular formula is C18H27N5O2S. The van der Waals surface area contributed by atoms with Gasteiger partial charge in [-0.25, -0.2) is 9.97 Å². The van der Waals surface area contributed by atoms with E-state index in [1.807, 2.05) is 6.07 Å². The molecule has 2 aromatic rings. The van der Waals surface area contributed by atoms with Gasteiger partial charge in [0.05, 0.1) is 29.0 Å². The van der Waals surface area contributed by atoms with E-state index in [-0.39, 0.29) is 6.23 Å². The number of morpholine rings is 1. The van der Waals surface area contributed by atoms with Gasteiger partial charge in [-0.05, 0) is 32.8 Å². The average molecular weight is 378 g/mol. The van der Waals surface area contributed by atoms with Crippen LogP contribution in [-0.2, 0) is 10.3 Å². The largest absolute Gasteiger partial charge is 0.385 e. The maximum atomic E-state index is 10.3. The first kappa shape index (κ1) is 18.1. The van der Waals surface area contributed by atoms with Gasteiger partial charge in [-0.2, -0.15) is 0 Å². The lowest BCUT2D eigenvalue weighted by Gasteiger charge is -2.42. The van der Waals surface area contributed by atoms with E-state index in [1.54, 1.807) is 31.5 Å². The fourth-order valence-corrected chi connectivity index (χ4v) is 4.75. The Labute approximate surface area is 157 Å². The highest BCUT2D eigenvalue weighted by Crippen LogP contribution is 2.36. The lowest BCUT2D eigenvalue weighted by atomic mass is 10.1. The second-order valence-electron chi connectivity index (χ2n) is 7.73. The van der Waals surface area contributed by atoms with Crippen molar-refractivity contribution < 1.29 is 9.84 Å². The van der Waals surface area contributed by atoms with Crippen molar-refractivity contribution in [1.29, 1.82) is 0 Å². The summed E-state index contributed by atoms with van der Waals surface area (Å²) in [5.74, 6) is 0.942. The minimum absolute atomic E-state index is 0.0787. The van der Waals surface area contributed by atoms with E-state index in [2.05, 4.69) is 19.8 Å². The molecule has 2 aliphatic rings. The highest BCUT2D eigenvalue weighted by atomic mass is 32.1. The Morgan fingerprint density at radius 2 is 2.04 bits per heavy atom. The van der Waals surface area contributed by atoms with E-state index in [9.17, 15) is 5.11 Å². The van der Waals surface area contributed by atoms with Crippen molar-refractivity contribution in [2.45, 2.75) is 44.6 Å². The molecule has 26 heavy (non-hydrogen) atoms. The van der Waals surface area contributed by atoms with Crippen LogP contribution in [-0.4, -0.2) is 65.0 Å². The first-order chi connectivity index (χ1) is 12.4. The molecule has 142 valence electrons. The summed E-state index contributed by atoms with van der Waals surface area (Å²) in [6, 6.07) is 2.29. The molecule has 0 amide bonds. The number of aromatic nitrogens is 2. The van der Waals surface area contributed by atoms with Gasteiger partial charge in [0.2, 0.25) is 0 Å². The van der Waals surface area contributed by atoms with Gasteiger partial charge >= 0.3 is 0 Å². The van der Waals surface area contributed by atoms with Crippen molar-refractivity contribution in [1.82, 2.24) is 14.9 Å². The summed E-state index contributed by atoms with van der Waals surface area (Å²) in [6.45, 7) is 7.86. The third-order valence-electron chi connectivity index (χ3n) is 5.22. The average Bonchev–Trinajstić information content (AvgIpc) is 3.07. The molecule has 4 heterocycles. The van der Waals surface area contributed by atoms with Gasteiger partial charge in [0.1, 0.15) is 18.4 Å². The zero-order chi connectivity index (χ0) is 18.3. The van der Waals surface area contributed by atoms with Gasteiger partial charge in [0.25, 0.3) is 0 Å². The summed E-state index contributed by atoms with van der Waals surface area (Å²) in [7, 11) is 0. The monoisotopic (exact) mass is 377 g/mol. The molecular weight excluding hydrogens is 350 g/mol. The third-order valence-corrected chi connectivity index (χ3v) is 6.66. The topological polar surface area (TPSA) is 87.7 Å². The van der Waals surface area contributed by atoms with E-state index < -0.39 is 5.60 Å². The maximum Gasteiger partial charge on any atom is 0.150 e.